The van der Waals surface area contributed by atoms with Gasteiger partial charge in [0.2, 0.25) is 0 Å². The van der Waals surface area contributed by atoms with Gasteiger partial charge < -0.3 is 10.1 Å². The van der Waals surface area contributed by atoms with Gasteiger partial charge in [-0.15, -0.1) is 0 Å². The van der Waals surface area contributed by atoms with E-state index in [4.69, 9.17) is 16.3 Å². The minimum absolute atomic E-state index is 0.0195. The molecule has 0 aliphatic carbocycles. The Labute approximate surface area is 187 Å². The van der Waals surface area contributed by atoms with E-state index in [-0.39, 0.29) is 21.4 Å². The van der Waals surface area contributed by atoms with E-state index in [9.17, 15) is 26.4 Å². The van der Waals surface area contributed by atoms with E-state index in [0.717, 1.165) is 18.2 Å². The van der Waals surface area contributed by atoms with Crippen molar-refractivity contribution in [2.75, 3.05) is 16.6 Å². The second kappa shape index (κ2) is 9.49. The van der Waals surface area contributed by atoms with Crippen LogP contribution in [0.25, 0.3) is 0 Å². The number of carbonyl (C=O) groups excluding carboxylic acids is 1. The number of carbonyl (C=O) groups is 1. The number of benzene rings is 3. The summed E-state index contributed by atoms with van der Waals surface area (Å²) in [6.07, 6.45) is -4.59. The van der Waals surface area contributed by atoms with Crippen LogP contribution in [0.2, 0.25) is 5.02 Å². The fraction of sp³-hybridized carbons (Fsp3) is 0.0952. The van der Waals surface area contributed by atoms with E-state index >= 15 is 0 Å². The zero-order valence-corrected chi connectivity index (χ0v) is 17.8. The maximum atomic E-state index is 12.8. The van der Waals surface area contributed by atoms with E-state index < -0.39 is 34.3 Å². The molecule has 168 valence electrons. The van der Waals surface area contributed by atoms with Gasteiger partial charge in [0.05, 0.1) is 21.2 Å². The van der Waals surface area contributed by atoms with Gasteiger partial charge in [0, 0.05) is 5.69 Å². The topological polar surface area (TPSA) is 84.5 Å². The van der Waals surface area contributed by atoms with Crippen molar-refractivity contribution in [3.8, 4) is 5.75 Å². The lowest BCUT2D eigenvalue weighted by Crippen LogP contribution is -2.21. The first-order valence-corrected chi connectivity index (χ1v) is 10.9. The molecule has 0 bridgehead atoms. The number of alkyl halides is 3. The van der Waals surface area contributed by atoms with Crippen molar-refractivity contribution in [3.63, 3.8) is 0 Å². The summed E-state index contributed by atoms with van der Waals surface area (Å²) in [7, 11) is -3.81. The van der Waals surface area contributed by atoms with Crippen LogP contribution in [0.5, 0.6) is 5.75 Å². The normalized spacial score (nSPS) is 11.6. The molecule has 6 nitrogen and oxygen atoms in total. The maximum Gasteiger partial charge on any atom is 0.416 e. The molecule has 0 atom stereocenters. The summed E-state index contributed by atoms with van der Waals surface area (Å²) in [6, 6.07) is 16.2. The van der Waals surface area contributed by atoms with Crippen LogP contribution in [0, 0.1) is 0 Å². The predicted molar refractivity (Wildman–Crippen MR) is 114 cm³/mol. The molecule has 32 heavy (non-hydrogen) atoms. The molecule has 0 aliphatic rings. The van der Waals surface area contributed by atoms with Gasteiger partial charge in [-0.05, 0) is 54.6 Å². The summed E-state index contributed by atoms with van der Waals surface area (Å²) < 4.78 is 71.0. The van der Waals surface area contributed by atoms with Crippen LogP contribution in [0.3, 0.4) is 0 Å². The fourth-order valence-corrected chi connectivity index (χ4v) is 3.79. The molecular formula is C21H16ClF3N2O4S. The lowest BCUT2D eigenvalue weighted by molar-refractivity contribution is -0.137. The number of nitrogens with one attached hydrogen (secondary N) is 2. The third-order valence-electron chi connectivity index (χ3n) is 4.10. The van der Waals surface area contributed by atoms with Crippen LogP contribution in [-0.2, 0) is 21.0 Å². The van der Waals surface area contributed by atoms with Gasteiger partial charge in [-0.1, -0.05) is 29.8 Å². The summed E-state index contributed by atoms with van der Waals surface area (Å²) in [5.41, 5.74) is -0.764. The minimum Gasteiger partial charge on any atom is -0.484 e. The molecule has 2 N–H and O–H groups in total. The second-order valence-corrected chi connectivity index (χ2v) is 8.56. The molecule has 0 aromatic heterocycles. The van der Waals surface area contributed by atoms with Crippen molar-refractivity contribution >= 4 is 38.9 Å². The number of para-hydroxylation sites is 1. The van der Waals surface area contributed by atoms with E-state index in [2.05, 4.69) is 10.0 Å². The highest BCUT2D eigenvalue weighted by Gasteiger charge is 2.31. The third-order valence-corrected chi connectivity index (χ3v) is 5.82. The van der Waals surface area contributed by atoms with Crippen molar-refractivity contribution < 1.29 is 31.1 Å². The lowest BCUT2D eigenvalue weighted by Gasteiger charge is -2.12. The van der Waals surface area contributed by atoms with Crippen LogP contribution in [-0.4, -0.2) is 20.9 Å². The van der Waals surface area contributed by atoms with Gasteiger partial charge >= 0.3 is 6.18 Å². The van der Waals surface area contributed by atoms with Gasteiger partial charge in [-0.3, -0.25) is 9.52 Å². The Balaban J connectivity index is 1.60. The maximum absolute atomic E-state index is 12.8. The summed E-state index contributed by atoms with van der Waals surface area (Å²) >= 11 is 5.84. The highest BCUT2D eigenvalue weighted by molar-refractivity contribution is 7.92. The van der Waals surface area contributed by atoms with Crippen LogP contribution in [0.15, 0.2) is 77.7 Å². The Bertz CT molecular complexity index is 1200. The van der Waals surface area contributed by atoms with E-state index in [1.807, 2.05) is 0 Å². The van der Waals surface area contributed by atoms with Gasteiger partial charge in [0.1, 0.15) is 5.75 Å². The van der Waals surface area contributed by atoms with Gasteiger partial charge in [-0.25, -0.2) is 8.42 Å². The predicted octanol–water partition coefficient (Wildman–Crippen LogP) is 5.18. The molecule has 3 aromatic rings. The summed E-state index contributed by atoms with van der Waals surface area (Å²) in [5.74, 6) is -0.553. The molecule has 0 heterocycles. The Hall–Kier alpha value is -3.24. The highest BCUT2D eigenvalue weighted by atomic mass is 35.5. The number of halogens is 4. The van der Waals surface area contributed by atoms with Crippen LogP contribution < -0.4 is 14.8 Å². The summed E-state index contributed by atoms with van der Waals surface area (Å²) in [4.78, 5) is 12.0. The Kier molecular flexibility index (Phi) is 6.95. The van der Waals surface area contributed by atoms with Crippen molar-refractivity contribution in [2.45, 2.75) is 11.1 Å². The Morgan fingerprint density at radius 3 is 2.25 bits per heavy atom. The molecule has 3 aromatic carbocycles. The molecule has 3 rings (SSSR count). The van der Waals surface area contributed by atoms with Crippen molar-refractivity contribution in [1.82, 2.24) is 0 Å². The van der Waals surface area contributed by atoms with Crippen LogP contribution >= 0.6 is 11.6 Å². The molecule has 0 radical (unpaired) electrons. The third kappa shape index (κ3) is 6.14. The lowest BCUT2D eigenvalue weighted by atomic mass is 10.2. The quantitative estimate of drug-likeness (QED) is 0.484. The first kappa shape index (κ1) is 23.4. The molecule has 11 heteroatoms. The number of hydrogen-bond acceptors (Lipinski definition) is 4. The van der Waals surface area contributed by atoms with Crippen molar-refractivity contribution in [2.24, 2.45) is 0 Å². The SMILES string of the molecule is O=C(COc1ccc(S(=O)(=O)Nc2ccccc2)cc1)Nc1cc(C(F)(F)F)ccc1Cl. The minimum atomic E-state index is -4.59. The first-order chi connectivity index (χ1) is 15.0. The molecule has 0 unspecified atom stereocenters. The Morgan fingerprint density at radius 1 is 0.969 bits per heavy atom. The fourth-order valence-electron chi connectivity index (χ4n) is 2.57. The molecule has 0 spiro atoms. The number of anilines is 2. The standard InChI is InChI=1S/C21H16ClF3N2O4S/c22-18-11-6-14(21(23,24)25)12-19(18)26-20(28)13-31-16-7-9-17(10-8-16)32(29,30)27-15-4-2-1-3-5-15/h1-12,27H,13H2,(H,26,28). The highest BCUT2D eigenvalue weighted by Crippen LogP contribution is 2.33. The zero-order chi connectivity index (χ0) is 23.4. The molecule has 0 fully saturated rings. The van der Waals surface area contributed by atoms with Gasteiger partial charge in [0.15, 0.2) is 6.61 Å². The largest absolute Gasteiger partial charge is 0.484 e. The molecule has 1 amide bonds. The number of amides is 1. The molecular weight excluding hydrogens is 469 g/mol. The second-order valence-electron chi connectivity index (χ2n) is 6.47. The number of hydrogen-bond donors (Lipinski definition) is 2. The van der Waals surface area contributed by atoms with E-state index in [1.54, 1.807) is 30.3 Å². The average Bonchev–Trinajstić information content (AvgIpc) is 2.74. The average molecular weight is 485 g/mol. The van der Waals surface area contributed by atoms with Crippen molar-refractivity contribution in [1.29, 1.82) is 0 Å². The van der Waals surface area contributed by atoms with E-state index in [1.165, 1.54) is 24.3 Å². The van der Waals surface area contributed by atoms with Gasteiger partial charge in [0.25, 0.3) is 15.9 Å². The van der Waals surface area contributed by atoms with Gasteiger partial charge in [-0.2, -0.15) is 13.2 Å². The summed E-state index contributed by atoms with van der Waals surface area (Å²) in [5, 5.41) is 2.19. The first-order valence-electron chi connectivity index (χ1n) is 9.02. The zero-order valence-electron chi connectivity index (χ0n) is 16.2. The molecule has 0 saturated heterocycles. The summed E-state index contributed by atoms with van der Waals surface area (Å²) in [6.45, 7) is -0.527. The number of ether oxygens (including phenoxy) is 1. The Morgan fingerprint density at radius 2 is 1.62 bits per heavy atom. The van der Waals surface area contributed by atoms with Crippen LogP contribution in [0.1, 0.15) is 5.56 Å². The molecule has 0 aliphatic heterocycles. The number of rotatable bonds is 7. The number of sulfonamides is 1. The monoisotopic (exact) mass is 484 g/mol. The molecule has 0 saturated carbocycles. The smallest absolute Gasteiger partial charge is 0.416 e. The van der Waals surface area contributed by atoms with Crippen LogP contribution in [0.4, 0.5) is 24.5 Å². The van der Waals surface area contributed by atoms with Crippen molar-refractivity contribution in [3.05, 3.63) is 83.4 Å². The van der Waals surface area contributed by atoms with E-state index in [0.29, 0.717) is 5.69 Å².